The van der Waals surface area contributed by atoms with E-state index in [1.807, 2.05) is 20.8 Å². The Morgan fingerprint density at radius 3 is 2.56 bits per heavy atom. The molecule has 0 spiro atoms. The first-order valence-electron chi connectivity index (χ1n) is 5.25. The van der Waals surface area contributed by atoms with E-state index in [0.717, 1.165) is 11.3 Å². The van der Waals surface area contributed by atoms with E-state index in [9.17, 15) is 4.79 Å². The SMILES string of the molecule is CCOC(=O)c1coc(C(C)(C)C)c1CBr. The third-order valence-electron chi connectivity index (χ3n) is 2.20. The monoisotopic (exact) mass is 288 g/mol. The third kappa shape index (κ3) is 2.67. The molecule has 0 saturated carbocycles. The van der Waals surface area contributed by atoms with Gasteiger partial charge in [0.05, 0.1) is 6.61 Å². The summed E-state index contributed by atoms with van der Waals surface area (Å²) in [6, 6.07) is 0. The maximum absolute atomic E-state index is 11.7. The highest BCUT2D eigenvalue weighted by Gasteiger charge is 2.27. The molecule has 0 N–H and O–H groups in total. The van der Waals surface area contributed by atoms with Crippen LogP contribution in [0, 0.1) is 0 Å². The van der Waals surface area contributed by atoms with E-state index < -0.39 is 0 Å². The van der Waals surface area contributed by atoms with Crippen molar-refractivity contribution in [3.05, 3.63) is 23.2 Å². The average molecular weight is 289 g/mol. The van der Waals surface area contributed by atoms with Gasteiger partial charge < -0.3 is 9.15 Å². The number of halogens is 1. The van der Waals surface area contributed by atoms with Crippen LogP contribution in [0.25, 0.3) is 0 Å². The second-order valence-corrected chi connectivity index (χ2v) is 5.12. The zero-order valence-corrected chi connectivity index (χ0v) is 11.7. The highest BCUT2D eigenvalue weighted by atomic mass is 79.9. The molecular weight excluding hydrogens is 272 g/mol. The molecule has 0 radical (unpaired) electrons. The van der Waals surface area contributed by atoms with Gasteiger partial charge in [0, 0.05) is 16.3 Å². The van der Waals surface area contributed by atoms with Gasteiger partial charge in [-0.05, 0) is 6.92 Å². The molecule has 3 nitrogen and oxygen atoms in total. The molecule has 1 aromatic heterocycles. The van der Waals surface area contributed by atoms with Gasteiger partial charge in [-0.2, -0.15) is 0 Å². The van der Waals surface area contributed by atoms with Crippen molar-refractivity contribution in [3.8, 4) is 0 Å². The van der Waals surface area contributed by atoms with Gasteiger partial charge in [-0.15, -0.1) is 0 Å². The summed E-state index contributed by atoms with van der Waals surface area (Å²) in [5.74, 6) is 0.503. The Hall–Kier alpha value is -0.770. The van der Waals surface area contributed by atoms with Gasteiger partial charge in [0.2, 0.25) is 0 Å². The molecule has 0 fully saturated rings. The fourth-order valence-corrected chi connectivity index (χ4v) is 2.08. The minimum Gasteiger partial charge on any atom is -0.468 e. The molecule has 0 amide bonds. The number of hydrogen-bond donors (Lipinski definition) is 0. The molecule has 0 aliphatic rings. The fraction of sp³-hybridized carbons (Fsp3) is 0.583. The Bertz CT molecular complexity index is 374. The van der Waals surface area contributed by atoms with Crippen molar-refractivity contribution in [2.24, 2.45) is 0 Å². The lowest BCUT2D eigenvalue weighted by molar-refractivity contribution is 0.0525. The van der Waals surface area contributed by atoms with E-state index in [-0.39, 0.29) is 11.4 Å². The number of carbonyl (C=O) groups is 1. The molecule has 0 bridgehead atoms. The van der Waals surface area contributed by atoms with Crippen LogP contribution < -0.4 is 0 Å². The van der Waals surface area contributed by atoms with Gasteiger partial charge in [0.25, 0.3) is 0 Å². The number of furan rings is 1. The second kappa shape index (κ2) is 5.04. The van der Waals surface area contributed by atoms with E-state index in [2.05, 4.69) is 15.9 Å². The number of rotatable bonds is 3. The summed E-state index contributed by atoms with van der Waals surface area (Å²) in [5, 5.41) is 0.588. The predicted octanol–water partition coefficient (Wildman–Crippen LogP) is 3.65. The van der Waals surface area contributed by atoms with Crippen LogP contribution in [0.15, 0.2) is 10.7 Å². The van der Waals surface area contributed by atoms with Crippen LogP contribution in [-0.2, 0) is 15.5 Å². The average Bonchev–Trinajstić information content (AvgIpc) is 2.60. The van der Waals surface area contributed by atoms with Gasteiger partial charge in [-0.1, -0.05) is 36.7 Å². The largest absolute Gasteiger partial charge is 0.468 e. The first-order chi connectivity index (χ1) is 7.41. The Morgan fingerprint density at radius 2 is 2.12 bits per heavy atom. The molecule has 90 valence electrons. The lowest BCUT2D eigenvalue weighted by Crippen LogP contribution is -2.13. The highest BCUT2D eigenvalue weighted by molar-refractivity contribution is 9.08. The van der Waals surface area contributed by atoms with Crippen LogP contribution in [0.2, 0.25) is 0 Å². The second-order valence-electron chi connectivity index (χ2n) is 4.56. The quantitative estimate of drug-likeness (QED) is 0.630. The Balaban J connectivity index is 3.14. The van der Waals surface area contributed by atoms with E-state index in [4.69, 9.17) is 9.15 Å². The minimum absolute atomic E-state index is 0.117. The van der Waals surface area contributed by atoms with Crippen molar-refractivity contribution < 1.29 is 13.9 Å². The van der Waals surface area contributed by atoms with E-state index >= 15 is 0 Å². The molecule has 1 rings (SSSR count). The van der Waals surface area contributed by atoms with Crippen LogP contribution >= 0.6 is 15.9 Å². The Kier molecular flexibility index (Phi) is 4.19. The molecular formula is C12H17BrO3. The number of carbonyl (C=O) groups excluding carboxylic acids is 1. The maximum Gasteiger partial charge on any atom is 0.341 e. The molecule has 0 aromatic carbocycles. The first-order valence-corrected chi connectivity index (χ1v) is 6.37. The number of alkyl halides is 1. The lowest BCUT2D eigenvalue weighted by Gasteiger charge is -2.16. The lowest BCUT2D eigenvalue weighted by atomic mass is 9.90. The minimum atomic E-state index is -0.323. The number of hydrogen-bond acceptors (Lipinski definition) is 3. The summed E-state index contributed by atoms with van der Waals surface area (Å²) >= 11 is 3.38. The normalized spacial score (nSPS) is 11.6. The number of ether oxygens (including phenoxy) is 1. The van der Waals surface area contributed by atoms with Crippen molar-refractivity contribution in [1.82, 2.24) is 0 Å². The molecule has 16 heavy (non-hydrogen) atoms. The molecule has 0 atom stereocenters. The smallest absolute Gasteiger partial charge is 0.341 e. The van der Waals surface area contributed by atoms with Crippen LogP contribution in [0.1, 0.15) is 49.4 Å². The van der Waals surface area contributed by atoms with E-state index in [0.29, 0.717) is 17.5 Å². The summed E-state index contributed by atoms with van der Waals surface area (Å²) in [5.41, 5.74) is 1.28. The topological polar surface area (TPSA) is 39.4 Å². The van der Waals surface area contributed by atoms with Crippen molar-refractivity contribution in [3.63, 3.8) is 0 Å². The molecule has 1 heterocycles. The summed E-state index contributed by atoms with van der Waals surface area (Å²) < 4.78 is 10.5. The van der Waals surface area contributed by atoms with Crippen molar-refractivity contribution >= 4 is 21.9 Å². The van der Waals surface area contributed by atoms with Gasteiger partial charge in [0.15, 0.2) is 0 Å². The van der Waals surface area contributed by atoms with Crippen molar-refractivity contribution in [2.75, 3.05) is 6.61 Å². The van der Waals surface area contributed by atoms with Crippen LogP contribution in [0.5, 0.6) is 0 Å². The fourth-order valence-electron chi connectivity index (χ4n) is 1.52. The van der Waals surface area contributed by atoms with Crippen LogP contribution in [0.3, 0.4) is 0 Å². The van der Waals surface area contributed by atoms with Gasteiger partial charge >= 0.3 is 5.97 Å². The van der Waals surface area contributed by atoms with Crippen LogP contribution in [0.4, 0.5) is 0 Å². The van der Waals surface area contributed by atoms with Crippen molar-refractivity contribution in [2.45, 2.75) is 38.4 Å². The van der Waals surface area contributed by atoms with Crippen molar-refractivity contribution in [1.29, 1.82) is 0 Å². The van der Waals surface area contributed by atoms with Gasteiger partial charge in [-0.3, -0.25) is 0 Å². The number of esters is 1. The van der Waals surface area contributed by atoms with Crippen LogP contribution in [-0.4, -0.2) is 12.6 Å². The van der Waals surface area contributed by atoms with Gasteiger partial charge in [-0.25, -0.2) is 4.79 Å². The zero-order chi connectivity index (χ0) is 12.3. The Labute approximate surface area is 104 Å². The summed E-state index contributed by atoms with van der Waals surface area (Å²) in [6.45, 7) is 8.31. The molecule has 0 aliphatic heterocycles. The molecule has 0 unspecified atom stereocenters. The summed E-state index contributed by atoms with van der Waals surface area (Å²) in [6.07, 6.45) is 1.48. The molecule has 1 aromatic rings. The zero-order valence-electron chi connectivity index (χ0n) is 10.1. The first kappa shape index (κ1) is 13.3. The van der Waals surface area contributed by atoms with E-state index in [1.165, 1.54) is 6.26 Å². The summed E-state index contributed by atoms with van der Waals surface area (Å²) in [4.78, 5) is 11.7. The van der Waals surface area contributed by atoms with E-state index in [1.54, 1.807) is 6.92 Å². The van der Waals surface area contributed by atoms with Gasteiger partial charge in [0.1, 0.15) is 17.6 Å². The highest BCUT2D eigenvalue weighted by Crippen LogP contribution is 2.31. The molecule has 4 heteroatoms. The summed E-state index contributed by atoms with van der Waals surface area (Å²) in [7, 11) is 0. The predicted molar refractivity (Wildman–Crippen MR) is 66.0 cm³/mol. The standard InChI is InChI=1S/C12H17BrO3/c1-5-15-11(14)9-7-16-10(8(9)6-13)12(2,3)4/h7H,5-6H2,1-4H3. The third-order valence-corrected chi connectivity index (χ3v) is 2.76. The maximum atomic E-state index is 11.7. The molecule has 0 saturated heterocycles. The molecule has 0 aliphatic carbocycles. The Morgan fingerprint density at radius 1 is 1.50 bits per heavy atom.